The van der Waals surface area contributed by atoms with Crippen molar-refractivity contribution in [1.29, 1.82) is 0 Å². The summed E-state index contributed by atoms with van der Waals surface area (Å²) in [7, 11) is 0. The molecule has 3 fully saturated rings. The van der Waals surface area contributed by atoms with E-state index in [1.807, 2.05) is 18.2 Å². The molecule has 3 saturated heterocycles. The lowest BCUT2D eigenvalue weighted by Gasteiger charge is -2.14. The maximum atomic E-state index is 5.74. The van der Waals surface area contributed by atoms with Gasteiger partial charge in [-0.2, -0.15) is 0 Å². The molecule has 0 aromatic heterocycles. The standard InChI is InChI=1S/C12H14O5/c1-2-10(15-6-8-4-13-8)11-12(3-1,17-11)16-7-9-5-14-9/h1-3,8-9,11H,4-7H2. The molecule has 4 unspecified atom stereocenters. The lowest BCUT2D eigenvalue weighted by Crippen LogP contribution is -2.23. The van der Waals surface area contributed by atoms with Gasteiger partial charge < -0.3 is 23.7 Å². The number of rotatable bonds is 6. The molecule has 0 aromatic rings. The van der Waals surface area contributed by atoms with Crippen LogP contribution in [0.5, 0.6) is 0 Å². The summed E-state index contributed by atoms with van der Waals surface area (Å²) >= 11 is 0. The highest BCUT2D eigenvalue weighted by Gasteiger charge is 2.61. The second kappa shape index (κ2) is 3.55. The maximum Gasteiger partial charge on any atom is 0.223 e. The topological polar surface area (TPSA) is 56.0 Å². The molecule has 0 radical (unpaired) electrons. The van der Waals surface area contributed by atoms with Gasteiger partial charge in [-0.3, -0.25) is 0 Å². The lowest BCUT2D eigenvalue weighted by molar-refractivity contribution is -0.0152. The molecule has 92 valence electrons. The Labute approximate surface area is 98.9 Å². The van der Waals surface area contributed by atoms with Crippen molar-refractivity contribution in [2.75, 3.05) is 26.4 Å². The fraction of sp³-hybridized carbons (Fsp3) is 0.667. The second-order valence-electron chi connectivity index (χ2n) is 4.68. The largest absolute Gasteiger partial charge is 0.492 e. The Morgan fingerprint density at radius 3 is 2.76 bits per heavy atom. The van der Waals surface area contributed by atoms with E-state index in [1.165, 1.54) is 0 Å². The van der Waals surface area contributed by atoms with Crippen LogP contribution in [0, 0.1) is 0 Å². The van der Waals surface area contributed by atoms with E-state index in [9.17, 15) is 0 Å². The van der Waals surface area contributed by atoms with Crippen molar-refractivity contribution in [1.82, 2.24) is 0 Å². The molecule has 0 N–H and O–H groups in total. The van der Waals surface area contributed by atoms with E-state index < -0.39 is 5.79 Å². The number of ether oxygens (including phenoxy) is 5. The minimum atomic E-state index is -0.597. The molecule has 3 heterocycles. The first kappa shape index (κ1) is 10.1. The van der Waals surface area contributed by atoms with Gasteiger partial charge in [0, 0.05) is 0 Å². The van der Waals surface area contributed by atoms with Crippen molar-refractivity contribution < 1.29 is 23.7 Å². The Balaban J connectivity index is 1.35. The number of epoxide rings is 3. The Morgan fingerprint density at radius 2 is 2.00 bits per heavy atom. The van der Waals surface area contributed by atoms with E-state index in [2.05, 4.69) is 0 Å². The van der Waals surface area contributed by atoms with Crippen molar-refractivity contribution in [3.05, 3.63) is 24.0 Å². The second-order valence-corrected chi connectivity index (χ2v) is 4.68. The van der Waals surface area contributed by atoms with Crippen LogP contribution in [0.2, 0.25) is 0 Å². The first-order valence-electron chi connectivity index (χ1n) is 5.93. The van der Waals surface area contributed by atoms with E-state index >= 15 is 0 Å². The first-order chi connectivity index (χ1) is 8.36. The van der Waals surface area contributed by atoms with Crippen LogP contribution in [0.1, 0.15) is 0 Å². The molecule has 3 aliphatic heterocycles. The summed E-state index contributed by atoms with van der Waals surface area (Å²) in [6, 6.07) is 0. The molecular formula is C12H14O5. The highest BCUT2D eigenvalue weighted by molar-refractivity contribution is 5.32. The average molecular weight is 238 g/mol. The van der Waals surface area contributed by atoms with Crippen LogP contribution >= 0.6 is 0 Å². The van der Waals surface area contributed by atoms with Crippen molar-refractivity contribution in [2.45, 2.75) is 24.1 Å². The smallest absolute Gasteiger partial charge is 0.223 e. The molecule has 0 spiro atoms. The zero-order chi connectivity index (χ0) is 11.3. The summed E-state index contributed by atoms with van der Waals surface area (Å²) < 4.78 is 27.2. The van der Waals surface area contributed by atoms with Gasteiger partial charge >= 0.3 is 0 Å². The SMILES string of the molecule is C1=CC2(OCC3CO3)OC2C(OCC2CO2)=C1. The Morgan fingerprint density at radius 1 is 1.24 bits per heavy atom. The zero-order valence-corrected chi connectivity index (χ0v) is 9.33. The summed E-state index contributed by atoms with van der Waals surface area (Å²) in [5.74, 6) is 0.236. The van der Waals surface area contributed by atoms with Crippen LogP contribution in [0.25, 0.3) is 0 Å². The summed E-state index contributed by atoms with van der Waals surface area (Å²) in [5.41, 5.74) is 0. The van der Waals surface area contributed by atoms with Crippen LogP contribution in [0.4, 0.5) is 0 Å². The number of allylic oxidation sites excluding steroid dienone is 2. The maximum absolute atomic E-state index is 5.74. The first-order valence-corrected chi connectivity index (χ1v) is 5.93. The molecule has 0 bridgehead atoms. The van der Waals surface area contributed by atoms with Gasteiger partial charge in [0.25, 0.3) is 0 Å². The normalized spacial score (nSPS) is 44.9. The Kier molecular flexibility index (Phi) is 2.11. The van der Waals surface area contributed by atoms with Crippen molar-refractivity contribution in [3.63, 3.8) is 0 Å². The fourth-order valence-corrected chi connectivity index (χ4v) is 1.92. The highest BCUT2D eigenvalue weighted by atomic mass is 16.8. The van der Waals surface area contributed by atoms with E-state index in [-0.39, 0.29) is 18.3 Å². The zero-order valence-electron chi connectivity index (χ0n) is 9.33. The molecule has 4 rings (SSSR count). The third-order valence-corrected chi connectivity index (χ3v) is 3.19. The molecule has 4 atom stereocenters. The van der Waals surface area contributed by atoms with E-state index in [1.54, 1.807) is 0 Å². The van der Waals surface area contributed by atoms with Gasteiger partial charge in [0.1, 0.15) is 24.6 Å². The van der Waals surface area contributed by atoms with Crippen molar-refractivity contribution >= 4 is 0 Å². The molecule has 5 heteroatoms. The highest BCUT2D eigenvalue weighted by Crippen LogP contribution is 2.46. The van der Waals surface area contributed by atoms with Crippen molar-refractivity contribution in [3.8, 4) is 0 Å². The summed E-state index contributed by atoms with van der Waals surface area (Å²) in [6.07, 6.45) is 6.19. The monoisotopic (exact) mass is 238 g/mol. The fourth-order valence-electron chi connectivity index (χ4n) is 1.92. The van der Waals surface area contributed by atoms with Crippen LogP contribution in [-0.4, -0.2) is 50.5 Å². The average Bonchev–Trinajstić information content (AvgIpc) is 3.23. The summed E-state index contributed by atoms with van der Waals surface area (Å²) in [5, 5.41) is 0. The molecule has 17 heavy (non-hydrogen) atoms. The molecule has 0 amide bonds. The van der Waals surface area contributed by atoms with E-state index in [0.29, 0.717) is 13.2 Å². The van der Waals surface area contributed by atoms with Gasteiger partial charge in [-0.05, 0) is 12.2 Å². The number of hydrogen-bond acceptors (Lipinski definition) is 5. The predicted octanol–water partition coefficient (Wildman–Crippen LogP) is 0.366. The predicted molar refractivity (Wildman–Crippen MR) is 56.2 cm³/mol. The quantitative estimate of drug-likeness (QED) is 0.626. The minimum Gasteiger partial charge on any atom is -0.492 e. The van der Waals surface area contributed by atoms with Crippen LogP contribution in [0.3, 0.4) is 0 Å². The van der Waals surface area contributed by atoms with Gasteiger partial charge in [0.05, 0.1) is 19.8 Å². The lowest BCUT2D eigenvalue weighted by atomic mass is 10.1. The van der Waals surface area contributed by atoms with Crippen LogP contribution in [-0.2, 0) is 23.7 Å². The van der Waals surface area contributed by atoms with Gasteiger partial charge in [-0.25, -0.2) is 0 Å². The third-order valence-electron chi connectivity index (χ3n) is 3.19. The van der Waals surface area contributed by atoms with Crippen molar-refractivity contribution in [2.24, 2.45) is 0 Å². The van der Waals surface area contributed by atoms with Gasteiger partial charge in [0.15, 0.2) is 6.10 Å². The van der Waals surface area contributed by atoms with Gasteiger partial charge in [-0.1, -0.05) is 6.08 Å². The Bertz CT molecular complexity index is 382. The molecular weight excluding hydrogens is 224 g/mol. The molecule has 1 aliphatic carbocycles. The van der Waals surface area contributed by atoms with Crippen LogP contribution in [0.15, 0.2) is 24.0 Å². The third kappa shape index (κ3) is 1.99. The van der Waals surface area contributed by atoms with Gasteiger partial charge in [0.2, 0.25) is 5.79 Å². The summed E-state index contributed by atoms with van der Waals surface area (Å²) in [6.45, 7) is 2.78. The van der Waals surface area contributed by atoms with Crippen LogP contribution < -0.4 is 0 Å². The molecule has 5 nitrogen and oxygen atoms in total. The molecule has 0 aromatic carbocycles. The van der Waals surface area contributed by atoms with Gasteiger partial charge in [-0.15, -0.1) is 0 Å². The number of hydrogen-bond donors (Lipinski definition) is 0. The molecule has 4 aliphatic rings. The Hall–Kier alpha value is -0.880. The molecule has 0 saturated carbocycles. The van der Waals surface area contributed by atoms with E-state index in [0.717, 1.165) is 19.0 Å². The number of fused-ring (bicyclic) bond motifs is 1. The summed E-state index contributed by atoms with van der Waals surface area (Å²) in [4.78, 5) is 0. The van der Waals surface area contributed by atoms with E-state index in [4.69, 9.17) is 23.7 Å². The minimum absolute atomic E-state index is 0.0926.